The minimum Gasteiger partial charge on any atom is -0.481 e. The number of carbonyl (C=O) groups is 1. The van der Waals surface area contributed by atoms with Crippen LogP contribution in [0.25, 0.3) is 10.4 Å². The predicted octanol–water partition coefficient (Wildman–Crippen LogP) is 4.29. The SMILES string of the molecule is O=C(O)C1CCC(NCc2ccc(-c3ccc(F)cc3)s2)CC1. The molecule has 1 aliphatic carbocycles. The molecule has 3 rings (SSSR count). The zero-order valence-electron chi connectivity index (χ0n) is 12.8. The lowest BCUT2D eigenvalue weighted by Gasteiger charge is -2.26. The first-order valence-electron chi connectivity index (χ1n) is 7.92. The van der Waals surface area contributed by atoms with Crippen molar-refractivity contribution in [1.29, 1.82) is 0 Å². The highest BCUT2D eigenvalue weighted by molar-refractivity contribution is 7.15. The maximum Gasteiger partial charge on any atom is 0.306 e. The summed E-state index contributed by atoms with van der Waals surface area (Å²) in [4.78, 5) is 13.3. The molecule has 1 aromatic heterocycles. The molecule has 0 radical (unpaired) electrons. The number of carboxylic acids is 1. The van der Waals surface area contributed by atoms with Crippen molar-refractivity contribution in [3.8, 4) is 10.4 Å². The summed E-state index contributed by atoms with van der Waals surface area (Å²) in [5, 5.41) is 12.5. The Morgan fingerprint density at radius 2 is 1.83 bits per heavy atom. The van der Waals surface area contributed by atoms with E-state index in [4.69, 9.17) is 5.11 Å². The van der Waals surface area contributed by atoms with E-state index in [0.717, 1.165) is 42.7 Å². The molecule has 0 spiro atoms. The van der Waals surface area contributed by atoms with Crippen LogP contribution in [0.2, 0.25) is 0 Å². The van der Waals surface area contributed by atoms with E-state index in [1.807, 2.05) is 0 Å². The lowest BCUT2D eigenvalue weighted by molar-refractivity contribution is -0.142. The molecule has 3 nitrogen and oxygen atoms in total. The van der Waals surface area contributed by atoms with Gasteiger partial charge in [-0.25, -0.2) is 4.39 Å². The normalized spacial score (nSPS) is 21.3. The van der Waals surface area contributed by atoms with Gasteiger partial charge in [-0.3, -0.25) is 4.79 Å². The van der Waals surface area contributed by atoms with Gasteiger partial charge in [-0.05, 0) is 55.5 Å². The number of rotatable bonds is 5. The van der Waals surface area contributed by atoms with Crippen molar-refractivity contribution in [3.05, 3.63) is 47.1 Å². The first-order valence-corrected chi connectivity index (χ1v) is 8.74. The van der Waals surface area contributed by atoms with E-state index in [0.29, 0.717) is 6.04 Å². The smallest absolute Gasteiger partial charge is 0.306 e. The largest absolute Gasteiger partial charge is 0.481 e. The van der Waals surface area contributed by atoms with Crippen molar-refractivity contribution in [2.24, 2.45) is 5.92 Å². The summed E-state index contributed by atoms with van der Waals surface area (Å²) in [6, 6.07) is 11.1. The summed E-state index contributed by atoms with van der Waals surface area (Å²) in [7, 11) is 0. The Kier molecular flexibility index (Phi) is 5.08. The molecule has 0 amide bonds. The third-order valence-electron chi connectivity index (χ3n) is 4.43. The van der Waals surface area contributed by atoms with Crippen LogP contribution in [0.1, 0.15) is 30.6 Å². The first kappa shape index (κ1) is 16.1. The van der Waals surface area contributed by atoms with Gasteiger partial charge in [-0.1, -0.05) is 12.1 Å². The molecular formula is C18H20FNO2S. The second kappa shape index (κ2) is 7.23. The van der Waals surface area contributed by atoms with E-state index in [-0.39, 0.29) is 11.7 Å². The van der Waals surface area contributed by atoms with Gasteiger partial charge in [-0.2, -0.15) is 0 Å². The van der Waals surface area contributed by atoms with Crippen molar-refractivity contribution < 1.29 is 14.3 Å². The third kappa shape index (κ3) is 4.18. The summed E-state index contributed by atoms with van der Waals surface area (Å²) < 4.78 is 13.0. The van der Waals surface area contributed by atoms with Gasteiger partial charge in [0.25, 0.3) is 0 Å². The molecule has 122 valence electrons. The Labute approximate surface area is 139 Å². The van der Waals surface area contributed by atoms with E-state index in [1.165, 1.54) is 17.0 Å². The van der Waals surface area contributed by atoms with Crippen LogP contribution in [0.3, 0.4) is 0 Å². The second-order valence-electron chi connectivity index (χ2n) is 6.04. The van der Waals surface area contributed by atoms with Crippen molar-refractivity contribution >= 4 is 17.3 Å². The lowest BCUT2D eigenvalue weighted by atomic mass is 9.86. The Bertz CT molecular complexity index is 660. The minimum atomic E-state index is -0.661. The fourth-order valence-corrected chi connectivity index (χ4v) is 4.00. The van der Waals surface area contributed by atoms with E-state index >= 15 is 0 Å². The molecule has 2 N–H and O–H groups in total. The quantitative estimate of drug-likeness (QED) is 0.858. The van der Waals surface area contributed by atoms with Gasteiger partial charge in [-0.15, -0.1) is 11.3 Å². The fourth-order valence-electron chi connectivity index (χ4n) is 3.03. The van der Waals surface area contributed by atoms with Crippen LogP contribution in [-0.2, 0) is 11.3 Å². The molecule has 1 aliphatic rings. The molecule has 0 atom stereocenters. The Balaban J connectivity index is 1.52. The predicted molar refractivity (Wildman–Crippen MR) is 89.9 cm³/mol. The Morgan fingerprint density at radius 3 is 2.48 bits per heavy atom. The second-order valence-corrected chi connectivity index (χ2v) is 7.21. The molecule has 2 aromatic rings. The molecule has 0 aliphatic heterocycles. The monoisotopic (exact) mass is 333 g/mol. The van der Waals surface area contributed by atoms with Gasteiger partial charge >= 0.3 is 5.97 Å². The number of hydrogen-bond acceptors (Lipinski definition) is 3. The number of benzene rings is 1. The van der Waals surface area contributed by atoms with Crippen LogP contribution in [0.5, 0.6) is 0 Å². The van der Waals surface area contributed by atoms with Gasteiger partial charge < -0.3 is 10.4 Å². The molecule has 0 unspecified atom stereocenters. The standard InChI is InChI=1S/C18H20FNO2S/c19-14-5-1-12(2-6-14)17-10-9-16(23-17)11-20-15-7-3-13(4-8-15)18(21)22/h1-2,5-6,9-10,13,15,20H,3-4,7-8,11H2,(H,21,22). The van der Waals surface area contributed by atoms with Crippen molar-refractivity contribution in [1.82, 2.24) is 5.32 Å². The highest BCUT2D eigenvalue weighted by Gasteiger charge is 2.25. The molecule has 1 saturated carbocycles. The summed E-state index contributed by atoms with van der Waals surface area (Å²) in [5.74, 6) is -1.05. The summed E-state index contributed by atoms with van der Waals surface area (Å²) in [5.41, 5.74) is 1.03. The number of thiophene rings is 1. The van der Waals surface area contributed by atoms with E-state index < -0.39 is 5.97 Å². The summed E-state index contributed by atoms with van der Waals surface area (Å²) in [6.45, 7) is 0.800. The van der Waals surface area contributed by atoms with Crippen LogP contribution in [0, 0.1) is 11.7 Å². The van der Waals surface area contributed by atoms with Crippen molar-refractivity contribution in [2.75, 3.05) is 0 Å². The van der Waals surface area contributed by atoms with E-state index in [1.54, 1.807) is 23.5 Å². The molecule has 0 saturated heterocycles. The number of halogens is 1. The molecule has 1 aromatic carbocycles. The maximum absolute atomic E-state index is 13.0. The van der Waals surface area contributed by atoms with E-state index in [2.05, 4.69) is 17.4 Å². The van der Waals surface area contributed by atoms with Gasteiger partial charge in [0.2, 0.25) is 0 Å². The van der Waals surface area contributed by atoms with Gasteiger partial charge in [0.05, 0.1) is 5.92 Å². The highest BCUT2D eigenvalue weighted by Crippen LogP contribution is 2.29. The zero-order valence-corrected chi connectivity index (χ0v) is 13.6. The maximum atomic E-state index is 13.0. The van der Waals surface area contributed by atoms with Crippen molar-refractivity contribution in [2.45, 2.75) is 38.3 Å². The average Bonchev–Trinajstić information content (AvgIpc) is 3.03. The molecule has 1 fully saturated rings. The lowest BCUT2D eigenvalue weighted by Crippen LogP contribution is -2.34. The number of hydrogen-bond donors (Lipinski definition) is 2. The Morgan fingerprint density at radius 1 is 1.13 bits per heavy atom. The molecule has 0 bridgehead atoms. The third-order valence-corrected chi connectivity index (χ3v) is 5.57. The van der Waals surface area contributed by atoms with E-state index in [9.17, 15) is 9.18 Å². The molecule has 23 heavy (non-hydrogen) atoms. The average molecular weight is 333 g/mol. The minimum absolute atomic E-state index is 0.167. The fraction of sp³-hybridized carbons (Fsp3) is 0.389. The van der Waals surface area contributed by atoms with Crippen LogP contribution in [-0.4, -0.2) is 17.1 Å². The van der Waals surface area contributed by atoms with Crippen molar-refractivity contribution in [3.63, 3.8) is 0 Å². The molecule has 1 heterocycles. The number of aliphatic carboxylic acids is 1. The van der Waals surface area contributed by atoms with Crippen LogP contribution < -0.4 is 5.32 Å². The first-order chi connectivity index (χ1) is 11.1. The van der Waals surface area contributed by atoms with Gasteiger partial charge in [0, 0.05) is 22.3 Å². The Hall–Kier alpha value is -1.72. The number of carboxylic acid groups (broad SMARTS) is 1. The van der Waals surface area contributed by atoms with Crippen LogP contribution >= 0.6 is 11.3 Å². The summed E-state index contributed by atoms with van der Waals surface area (Å²) >= 11 is 1.71. The highest BCUT2D eigenvalue weighted by atomic mass is 32.1. The summed E-state index contributed by atoms with van der Waals surface area (Å²) in [6.07, 6.45) is 3.37. The number of nitrogens with one attached hydrogen (secondary N) is 1. The topological polar surface area (TPSA) is 49.3 Å². The van der Waals surface area contributed by atoms with Crippen LogP contribution in [0.15, 0.2) is 36.4 Å². The molecule has 5 heteroatoms. The molecular weight excluding hydrogens is 313 g/mol. The zero-order chi connectivity index (χ0) is 16.2. The van der Waals surface area contributed by atoms with Gasteiger partial charge in [0.1, 0.15) is 5.82 Å². The van der Waals surface area contributed by atoms with Gasteiger partial charge in [0.15, 0.2) is 0 Å². The van der Waals surface area contributed by atoms with Crippen LogP contribution in [0.4, 0.5) is 4.39 Å².